The molecule has 2 heterocycles. The second-order valence-electron chi connectivity index (χ2n) is 3.58. The van der Waals surface area contributed by atoms with Gasteiger partial charge < -0.3 is 14.9 Å². The number of carbonyl (C=O) groups is 1. The van der Waals surface area contributed by atoms with Crippen molar-refractivity contribution in [2.45, 2.75) is 20.0 Å². The van der Waals surface area contributed by atoms with E-state index in [9.17, 15) is 4.79 Å². The monoisotopic (exact) mass is 217 g/mol. The van der Waals surface area contributed by atoms with Crippen molar-refractivity contribution >= 4 is 5.91 Å². The van der Waals surface area contributed by atoms with Crippen LogP contribution in [0.5, 0.6) is 0 Å². The summed E-state index contributed by atoms with van der Waals surface area (Å²) in [5.74, 6) is -0.0342. The lowest BCUT2D eigenvalue weighted by Gasteiger charge is -2.06. The summed E-state index contributed by atoms with van der Waals surface area (Å²) < 4.78 is 1.92. The van der Waals surface area contributed by atoms with Crippen molar-refractivity contribution in [1.29, 1.82) is 0 Å². The molecule has 2 aromatic heterocycles. The molecule has 16 heavy (non-hydrogen) atoms. The van der Waals surface area contributed by atoms with E-state index in [4.69, 9.17) is 0 Å². The molecule has 2 rings (SSSR count). The van der Waals surface area contributed by atoms with Gasteiger partial charge in [-0.05, 0) is 30.7 Å². The van der Waals surface area contributed by atoms with Crippen molar-refractivity contribution < 1.29 is 4.79 Å². The molecule has 4 heteroatoms. The maximum atomic E-state index is 11.8. The quantitative estimate of drug-likeness (QED) is 0.805. The summed E-state index contributed by atoms with van der Waals surface area (Å²) in [4.78, 5) is 14.8. The molecule has 0 fully saturated rings. The van der Waals surface area contributed by atoms with Gasteiger partial charge in [0.2, 0.25) is 0 Å². The molecule has 0 aliphatic carbocycles. The molecular weight excluding hydrogens is 202 g/mol. The van der Waals surface area contributed by atoms with E-state index in [0.29, 0.717) is 12.2 Å². The van der Waals surface area contributed by atoms with Gasteiger partial charge in [0.05, 0.1) is 0 Å². The van der Waals surface area contributed by atoms with Crippen LogP contribution >= 0.6 is 0 Å². The number of rotatable bonds is 4. The van der Waals surface area contributed by atoms with Crippen LogP contribution in [0.4, 0.5) is 0 Å². The lowest BCUT2D eigenvalue weighted by atomic mass is 10.3. The van der Waals surface area contributed by atoms with Gasteiger partial charge >= 0.3 is 0 Å². The van der Waals surface area contributed by atoms with Crippen LogP contribution in [-0.4, -0.2) is 15.5 Å². The molecule has 1 amide bonds. The zero-order valence-corrected chi connectivity index (χ0v) is 9.23. The lowest BCUT2D eigenvalue weighted by Crippen LogP contribution is -2.25. The smallest absolute Gasteiger partial charge is 0.268 e. The highest BCUT2D eigenvalue weighted by atomic mass is 16.1. The number of aromatic nitrogens is 2. The van der Waals surface area contributed by atoms with E-state index in [2.05, 4.69) is 10.3 Å². The Morgan fingerprint density at radius 2 is 2.38 bits per heavy atom. The van der Waals surface area contributed by atoms with E-state index in [0.717, 1.165) is 12.1 Å². The molecule has 2 aromatic rings. The Morgan fingerprint density at radius 3 is 3.06 bits per heavy atom. The van der Waals surface area contributed by atoms with Gasteiger partial charge in [0.15, 0.2) is 0 Å². The molecule has 2 N–H and O–H groups in total. The van der Waals surface area contributed by atoms with Gasteiger partial charge in [-0.2, -0.15) is 0 Å². The minimum absolute atomic E-state index is 0.0342. The first kappa shape index (κ1) is 10.5. The number of nitrogens with one attached hydrogen (secondary N) is 2. The number of aromatic amines is 1. The van der Waals surface area contributed by atoms with Gasteiger partial charge in [0.25, 0.3) is 5.91 Å². The Kier molecular flexibility index (Phi) is 3.10. The summed E-state index contributed by atoms with van der Waals surface area (Å²) in [5, 5.41) is 2.88. The van der Waals surface area contributed by atoms with Gasteiger partial charge in [0, 0.05) is 31.7 Å². The Morgan fingerprint density at radius 1 is 1.50 bits per heavy atom. The van der Waals surface area contributed by atoms with Crippen molar-refractivity contribution in [3.63, 3.8) is 0 Å². The molecule has 84 valence electrons. The third kappa shape index (κ3) is 2.16. The average molecular weight is 217 g/mol. The predicted molar refractivity (Wildman–Crippen MR) is 62.1 cm³/mol. The van der Waals surface area contributed by atoms with Crippen molar-refractivity contribution in [3.05, 3.63) is 48.0 Å². The molecule has 0 aliphatic heterocycles. The average Bonchev–Trinajstić information content (AvgIpc) is 2.96. The second kappa shape index (κ2) is 4.70. The normalized spacial score (nSPS) is 10.3. The van der Waals surface area contributed by atoms with Gasteiger partial charge in [-0.15, -0.1) is 0 Å². The summed E-state index contributed by atoms with van der Waals surface area (Å²) in [6, 6.07) is 5.66. The summed E-state index contributed by atoms with van der Waals surface area (Å²) in [5.41, 5.74) is 1.78. The van der Waals surface area contributed by atoms with Crippen LogP contribution in [0, 0.1) is 0 Å². The number of carbonyl (C=O) groups excluding carboxylic acids is 1. The summed E-state index contributed by atoms with van der Waals surface area (Å²) >= 11 is 0. The fraction of sp³-hybridized carbons (Fsp3) is 0.250. The molecule has 0 aliphatic rings. The molecule has 0 saturated heterocycles. The molecule has 0 saturated carbocycles. The van der Waals surface area contributed by atoms with E-state index >= 15 is 0 Å². The molecule has 0 aromatic carbocycles. The number of amides is 1. The summed E-state index contributed by atoms with van der Waals surface area (Å²) in [7, 11) is 0. The van der Waals surface area contributed by atoms with E-state index in [-0.39, 0.29) is 5.91 Å². The maximum Gasteiger partial charge on any atom is 0.268 e. The molecule has 0 bridgehead atoms. The third-order valence-corrected chi connectivity index (χ3v) is 2.52. The van der Waals surface area contributed by atoms with Gasteiger partial charge in [-0.25, -0.2) is 0 Å². The summed E-state index contributed by atoms with van der Waals surface area (Å²) in [6.45, 7) is 3.38. The number of hydrogen-bond donors (Lipinski definition) is 2. The number of nitrogens with zero attached hydrogens (tertiary/aromatic N) is 1. The minimum atomic E-state index is -0.0342. The van der Waals surface area contributed by atoms with Crippen molar-refractivity contribution in [3.8, 4) is 0 Å². The number of hydrogen-bond acceptors (Lipinski definition) is 1. The van der Waals surface area contributed by atoms with Gasteiger partial charge in [-0.1, -0.05) is 0 Å². The van der Waals surface area contributed by atoms with E-state index in [1.54, 1.807) is 0 Å². The first-order valence-electron chi connectivity index (χ1n) is 5.36. The molecule has 0 unspecified atom stereocenters. The fourth-order valence-corrected chi connectivity index (χ4v) is 1.64. The zero-order chi connectivity index (χ0) is 11.4. The fourth-order valence-electron chi connectivity index (χ4n) is 1.64. The topological polar surface area (TPSA) is 49.8 Å². The molecule has 0 atom stereocenters. The van der Waals surface area contributed by atoms with Crippen molar-refractivity contribution in [1.82, 2.24) is 14.9 Å². The first-order valence-corrected chi connectivity index (χ1v) is 5.36. The SMILES string of the molecule is CCn1cccc1C(=O)NCc1cc[nH]c1. The van der Waals surface area contributed by atoms with Crippen LogP contribution in [0.2, 0.25) is 0 Å². The van der Waals surface area contributed by atoms with Crippen LogP contribution in [0.25, 0.3) is 0 Å². The Balaban J connectivity index is 1.98. The highest BCUT2D eigenvalue weighted by molar-refractivity contribution is 5.92. The highest BCUT2D eigenvalue weighted by Crippen LogP contribution is 2.03. The van der Waals surface area contributed by atoms with Crippen molar-refractivity contribution in [2.24, 2.45) is 0 Å². The first-order chi connectivity index (χ1) is 7.81. The number of aryl methyl sites for hydroxylation is 1. The predicted octanol–water partition coefficient (Wildman–Crippen LogP) is 1.77. The van der Waals surface area contributed by atoms with Gasteiger partial charge in [-0.3, -0.25) is 4.79 Å². The lowest BCUT2D eigenvalue weighted by molar-refractivity contribution is 0.0942. The maximum absolute atomic E-state index is 11.8. The Labute approximate surface area is 94.3 Å². The molecule has 0 radical (unpaired) electrons. The van der Waals surface area contributed by atoms with Crippen LogP contribution in [0.1, 0.15) is 23.0 Å². The van der Waals surface area contributed by atoms with E-state index in [1.807, 2.05) is 48.3 Å². The number of H-pyrrole nitrogens is 1. The van der Waals surface area contributed by atoms with Crippen LogP contribution in [0.3, 0.4) is 0 Å². The highest BCUT2D eigenvalue weighted by Gasteiger charge is 2.08. The Bertz CT molecular complexity index is 456. The molecule has 4 nitrogen and oxygen atoms in total. The zero-order valence-electron chi connectivity index (χ0n) is 9.23. The van der Waals surface area contributed by atoms with E-state index in [1.165, 1.54) is 0 Å². The second-order valence-corrected chi connectivity index (χ2v) is 3.58. The van der Waals surface area contributed by atoms with Crippen molar-refractivity contribution in [2.75, 3.05) is 0 Å². The standard InChI is InChI=1S/C12H15N3O/c1-2-15-7-3-4-11(15)12(16)14-9-10-5-6-13-8-10/h3-8,13H,2,9H2,1H3,(H,14,16). The van der Waals surface area contributed by atoms with Gasteiger partial charge in [0.1, 0.15) is 5.69 Å². The van der Waals surface area contributed by atoms with Crippen LogP contribution < -0.4 is 5.32 Å². The largest absolute Gasteiger partial charge is 0.367 e. The summed E-state index contributed by atoms with van der Waals surface area (Å²) in [6.07, 6.45) is 5.63. The van der Waals surface area contributed by atoms with Crippen LogP contribution in [-0.2, 0) is 13.1 Å². The molecule has 0 spiro atoms. The molecular formula is C12H15N3O. The third-order valence-electron chi connectivity index (χ3n) is 2.52. The van der Waals surface area contributed by atoms with Crippen LogP contribution in [0.15, 0.2) is 36.8 Å². The minimum Gasteiger partial charge on any atom is -0.367 e. The van der Waals surface area contributed by atoms with E-state index < -0.39 is 0 Å². The Hall–Kier alpha value is -1.97.